The highest BCUT2D eigenvalue weighted by Gasteiger charge is 2.20. The molecule has 0 fully saturated rings. The zero-order chi connectivity index (χ0) is 7.84. The van der Waals surface area contributed by atoms with Gasteiger partial charge in [0.05, 0.1) is 6.54 Å². The molecule has 1 aliphatic heterocycles. The lowest BCUT2D eigenvalue weighted by Crippen LogP contribution is -2.11. The van der Waals surface area contributed by atoms with Crippen molar-refractivity contribution in [3.8, 4) is 0 Å². The Morgan fingerprint density at radius 2 is 2.09 bits per heavy atom. The van der Waals surface area contributed by atoms with E-state index in [4.69, 9.17) is 5.41 Å². The SMILES string of the molecule is N=C1c2ccccc2CN1S. The highest BCUT2D eigenvalue weighted by atomic mass is 32.1. The zero-order valence-electron chi connectivity index (χ0n) is 5.91. The van der Waals surface area contributed by atoms with E-state index in [9.17, 15) is 0 Å². The van der Waals surface area contributed by atoms with Crippen molar-refractivity contribution < 1.29 is 0 Å². The summed E-state index contributed by atoms with van der Waals surface area (Å²) in [6, 6.07) is 7.91. The maximum absolute atomic E-state index is 7.59. The van der Waals surface area contributed by atoms with Crippen molar-refractivity contribution >= 4 is 18.7 Å². The number of rotatable bonds is 0. The molecule has 1 N–H and O–H groups in total. The molecule has 0 aliphatic carbocycles. The third kappa shape index (κ3) is 0.922. The van der Waals surface area contributed by atoms with E-state index < -0.39 is 0 Å². The van der Waals surface area contributed by atoms with E-state index in [-0.39, 0.29) is 0 Å². The van der Waals surface area contributed by atoms with Gasteiger partial charge in [0.2, 0.25) is 0 Å². The lowest BCUT2D eigenvalue weighted by molar-refractivity contribution is 0.709. The Morgan fingerprint density at radius 1 is 1.36 bits per heavy atom. The molecule has 3 heteroatoms. The highest BCUT2D eigenvalue weighted by Crippen LogP contribution is 2.22. The van der Waals surface area contributed by atoms with Crippen molar-refractivity contribution in [1.82, 2.24) is 4.31 Å². The Labute approximate surface area is 70.9 Å². The van der Waals surface area contributed by atoms with Gasteiger partial charge >= 0.3 is 0 Å². The van der Waals surface area contributed by atoms with Crippen LogP contribution in [0.3, 0.4) is 0 Å². The maximum Gasteiger partial charge on any atom is 0.138 e. The second kappa shape index (κ2) is 2.27. The molecule has 0 aromatic heterocycles. The van der Waals surface area contributed by atoms with Crippen LogP contribution in [0.1, 0.15) is 11.1 Å². The van der Waals surface area contributed by atoms with E-state index in [1.165, 1.54) is 5.56 Å². The van der Waals surface area contributed by atoms with Crippen molar-refractivity contribution in [2.24, 2.45) is 0 Å². The largest absolute Gasteiger partial charge is 0.299 e. The van der Waals surface area contributed by atoms with Crippen LogP contribution in [-0.4, -0.2) is 10.1 Å². The lowest BCUT2D eigenvalue weighted by Gasteiger charge is -2.05. The number of thiol groups is 1. The molecular weight excluding hydrogens is 156 g/mol. The molecular formula is C8H8N2S. The summed E-state index contributed by atoms with van der Waals surface area (Å²) in [5.74, 6) is 0.504. The first-order chi connectivity index (χ1) is 5.29. The fourth-order valence-corrected chi connectivity index (χ4v) is 1.53. The molecule has 11 heavy (non-hydrogen) atoms. The molecule has 0 unspecified atom stereocenters. The summed E-state index contributed by atoms with van der Waals surface area (Å²) in [4.78, 5) is 0. The Balaban J connectivity index is 2.55. The normalized spacial score (nSPS) is 15.4. The lowest BCUT2D eigenvalue weighted by atomic mass is 10.1. The summed E-state index contributed by atoms with van der Waals surface area (Å²) in [5, 5.41) is 7.59. The van der Waals surface area contributed by atoms with Crippen molar-refractivity contribution in [3.05, 3.63) is 35.4 Å². The predicted molar refractivity (Wildman–Crippen MR) is 47.8 cm³/mol. The first kappa shape index (κ1) is 6.73. The Bertz CT molecular complexity index is 309. The van der Waals surface area contributed by atoms with E-state index in [1.807, 2.05) is 24.3 Å². The molecule has 1 aliphatic rings. The Kier molecular flexibility index (Phi) is 1.39. The van der Waals surface area contributed by atoms with Crippen LogP contribution < -0.4 is 0 Å². The van der Waals surface area contributed by atoms with Gasteiger partial charge < -0.3 is 0 Å². The number of nitrogens with one attached hydrogen (secondary N) is 1. The van der Waals surface area contributed by atoms with Crippen molar-refractivity contribution in [2.75, 3.05) is 0 Å². The van der Waals surface area contributed by atoms with Crippen LogP contribution in [-0.2, 0) is 6.54 Å². The number of hydrogen-bond acceptors (Lipinski definition) is 2. The van der Waals surface area contributed by atoms with Gasteiger partial charge in [-0.25, -0.2) is 0 Å². The number of nitrogens with zero attached hydrogens (tertiary/aromatic N) is 1. The van der Waals surface area contributed by atoms with Crippen LogP contribution in [0.4, 0.5) is 0 Å². The summed E-state index contributed by atoms with van der Waals surface area (Å²) in [5.41, 5.74) is 2.19. The zero-order valence-corrected chi connectivity index (χ0v) is 6.81. The molecule has 0 spiro atoms. The minimum Gasteiger partial charge on any atom is -0.299 e. The third-order valence-electron chi connectivity index (χ3n) is 1.85. The molecule has 0 amide bonds. The van der Waals surface area contributed by atoms with E-state index in [2.05, 4.69) is 12.8 Å². The fourth-order valence-electron chi connectivity index (χ4n) is 1.27. The van der Waals surface area contributed by atoms with Crippen LogP contribution in [0.2, 0.25) is 0 Å². The summed E-state index contributed by atoms with van der Waals surface area (Å²) in [6.07, 6.45) is 0. The van der Waals surface area contributed by atoms with Crippen LogP contribution in [0, 0.1) is 5.41 Å². The average molecular weight is 164 g/mol. The van der Waals surface area contributed by atoms with E-state index in [0.717, 1.165) is 12.1 Å². The number of hydrogen-bond donors (Lipinski definition) is 2. The molecule has 1 heterocycles. The molecule has 0 atom stereocenters. The van der Waals surface area contributed by atoms with Crippen LogP contribution in [0.5, 0.6) is 0 Å². The molecule has 2 nitrogen and oxygen atoms in total. The summed E-state index contributed by atoms with van der Waals surface area (Å²) >= 11 is 4.14. The molecule has 0 bridgehead atoms. The second-order valence-corrected chi connectivity index (χ2v) is 3.05. The molecule has 56 valence electrons. The molecule has 1 aromatic carbocycles. The van der Waals surface area contributed by atoms with Gasteiger partial charge in [-0.15, -0.1) is 0 Å². The van der Waals surface area contributed by atoms with Crippen LogP contribution in [0.15, 0.2) is 24.3 Å². The average Bonchev–Trinajstić information content (AvgIpc) is 2.30. The standard InChI is InChI=1S/C8H8N2S/c9-8-7-4-2-1-3-6(7)5-10(8)11/h1-4,9,11H,5H2. The Morgan fingerprint density at radius 3 is 2.82 bits per heavy atom. The summed E-state index contributed by atoms with van der Waals surface area (Å²) in [7, 11) is 0. The minimum atomic E-state index is 0.504. The first-order valence-electron chi connectivity index (χ1n) is 3.42. The van der Waals surface area contributed by atoms with Gasteiger partial charge in [0.25, 0.3) is 0 Å². The van der Waals surface area contributed by atoms with Gasteiger partial charge in [0.1, 0.15) is 5.84 Å². The van der Waals surface area contributed by atoms with Crippen molar-refractivity contribution in [2.45, 2.75) is 6.54 Å². The quantitative estimate of drug-likeness (QED) is 0.561. The maximum atomic E-state index is 7.59. The van der Waals surface area contributed by atoms with Gasteiger partial charge in [-0.3, -0.25) is 9.71 Å². The fraction of sp³-hybridized carbons (Fsp3) is 0.125. The Hall–Kier alpha value is -0.960. The molecule has 0 saturated carbocycles. The smallest absolute Gasteiger partial charge is 0.138 e. The molecule has 0 saturated heterocycles. The minimum absolute atomic E-state index is 0.504. The van der Waals surface area contributed by atoms with Crippen molar-refractivity contribution in [3.63, 3.8) is 0 Å². The van der Waals surface area contributed by atoms with E-state index >= 15 is 0 Å². The number of amidine groups is 1. The van der Waals surface area contributed by atoms with E-state index in [0.29, 0.717) is 5.84 Å². The molecule has 0 radical (unpaired) electrons. The monoisotopic (exact) mass is 164 g/mol. The first-order valence-corrected chi connectivity index (χ1v) is 3.82. The highest BCUT2D eigenvalue weighted by molar-refractivity contribution is 7.78. The van der Waals surface area contributed by atoms with Crippen LogP contribution in [0.25, 0.3) is 0 Å². The van der Waals surface area contributed by atoms with Gasteiger partial charge in [-0.05, 0) is 5.56 Å². The summed E-state index contributed by atoms with van der Waals surface area (Å²) in [6.45, 7) is 0.748. The van der Waals surface area contributed by atoms with Gasteiger partial charge in [-0.1, -0.05) is 37.1 Å². The van der Waals surface area contributed by atoms with Gasteiger partial charge in [0.15, 0.2) is 0 Å². The predicted octanol–water partition coefficient (Wildman–Crippen LogP) is 1.67. The summed E-state index contributed by atoms with van der Waals surface area (Å²) < 4.78 is 1.64. The van der Waals surface area contributed by atoms with Gasteiger partial charge in [-0.2, -0.15) is 0 Å². The third-order valence-corrected chi connectivity index (χ3v) is 2.19. The second-order valence-electron chi connectivity index (χ2n) is 2.56. The number of fused-ring (bicyclic) bond motifs is 1. The number of benzene rings is 1. The van der Waals surface area contributed by atoms with E-state index in [1.54, 1.807) is 4.31 Å². The van der Waals surface area contributed by atoms with Crippen LogP contribution >= 0.6 is 12.8 Å². The van der Waals surface area contributed by atoms with Gasteiger partial charge in [0, 0.05) is 5.56 Å². The molecule has 1 aromatic rings. The van der Waals surface area contributed by atoms with Crippen molar-refractivity contribution in [1.29, 1.82) is 5.41 Å². The topological polar surface area (TPSA) is 27.1 Å². The molecule has 2 rings (SSSR count).